The lowest BCUT2D eigenvalue weighted by molar-refractivity contribution is 0.417. The van der Waals surface area contributed by atoms with Crippen LogP contribution in [0.5, 0.6) is 0 Å². The number of nitrogens with two attached hydrogens (primary N) is 1. The van der Waals surface area contributed by atoms with Gasteiger partial charge in [-0.1, -0.05) is 13.8 Å². The lowest BCUT2D eigenvalue weighted by Crippen LogP contribution is -2.30. The minimum atomic E-state index is -3.37. The van der Waals surface area contributed by atoms with Crippen LogP contribution in [-0.4, -0.2) is 26.3 Å². The fourth-order valence-electron chi connectivity index (χ4n) is 1.49. The predicted molar refractivity (Wildman–Crippen MR) is 66.9 cm³/mol. The highest BCUT2D eigenvalue weighted by Crippen LogP contribution is 2.24. The fraction of sp³-hybridized carbons (Fsp3) is 0.600. The minimum absolute atomic E-state index is 0.266. The van der Waals surface area contributed by atoms with Crippen molar-refractivity contribution in [3.05, 3.63) is 16.3 Å². The van der Waals surface area contributed by atoms with Crippen LogP contribution in [0.25, 0.3) is 0 Å². The Hall–Kier alpha value is -0.430. The third-order valence-electron chi connectivity index (χ3n) is 2.20. The van der Waals surface area contributed by atoms with Gasteiger partial charge in [-0.2, -0.15) is 0 Å². The van der Waals surface area contributed by atoms with Crippen LogP contribution in [0, 0.1) is 5.92 Å². The maximum Gasteiger partial charge on any atom is 0.243 e. The van der Waals surface area contributed by atoms with E-state index in [9.17, 15) is 8.42 Å². The molecule has 0 aromatic carbocycles. The van der Waals surface area contributed by atoms with E-state index in [0.717, 1.165) is 4.88 Å². The first-order valence-electron chi connectivity index (χ1n) is 5.12. The molecule has 1 heterocycles. The van der Waals surface area contributed by atoms with Crippen LogP contribution in [0.3, 0.4) is 0 Å². The largest absolute Gasteiger partial charge is 0.326 e. The summed E-state index contributed by atoms with van der Waals surface area (Å²) in [5.74, 6) is 0.305. The van der Waals surface area contributed by atoms with E-state index in [1.165, 1.54) is 15.6 Å². The molecule has 6 heteroatoms. The second kappa shape index (κ2) is 5.27. The quantitative estimate of drug-likeness (QED) is 0.874. The van der Waals surface area contributed by atoms with E-state index in [1.807, 2.05) is 13.8 Å². The maximum atomic E-state index is 12.2. The zero-order chi connectivity index (χ0) is 12.3. The Kier molecular flexibility index (Phi) is 4.49. The topological polar surface area (TPSA) is 63.4 Å². The molecule has 4 nitrogen and oxygen atoms in total. The second-order valence-corrected chi connectivity index (χ2v) is 7.11. The zero-order valence-corrected chi connectivity index (χ0v) is 11.4. The van der Waals surface area contributed by atoms with Gasteiger partial charge in [-0.3, -0.25) is 0 Å². The predicted octanol–water partition coefficient (Wildman–Crippen LogP) is 1.48. The second-order valence-electron chi connectivity index (χ2n) is 4.09. The van der Waals surface area contributed by atoms with Crippen molar-refractivity contribution in [2.45, 2.75) is 25.3 Å². The normalized spacial score (nSPS) is 12.6. The summed E-state index contributed by atoms with van der Waals surface area (Å²) in [6.07, 6.45) is 0. The SMILES string of the molecule is CC(C)CN(C)S(=O)(=O)c1ccsc1CN. The summed E-state index contributed by atoms with van der Waals surface area (Å²) >= 11 is 1.38. The molecule has 0 atom stereocenters. The molecule has 0 unspecified atom stereocenters. The molecule has 0 saturated carbocycles. The third kappa shape index (κ3) is 2.82. The summed E-state index contributed by atoms with van der Waals surface area (Å²) in [6, 6.07) is 1.62. The molecule has 1 aromatic heterocycles. The van der Waals surface area contributed by atoms with Crippen molar-refractivity contribution in [1.82, 2.24) is 4.31 Å². The van der Waals surface area contributed by atoms with Gasteiger partial charge in [0, 0.05) is 25.0 Å². The van der Waals surface area contributed by atoms with Crippen LogP contribution in [0.15, 0.2) is 16.3 Å². The lowest BCUT2D eigenvalue weighted by atomic mass is 10.2. The number of nitrogens with zero attached hydrogens (tertiary/aromatic N) is 1. The first-order chi connectivity index (χ1) is 7.39. The third-order valence-corrected chi connectivity index (χ3v) is 5.18. The summed E-state index contributed by atoms with van der Waals surface area (Å²) in [7, 11) is -1.77. The molecule has 16 heavy (non-hydrogen) atoms. The first-order valence-corrected chi connectivity index (χ1v) is 7.44. The molecule has 1 aromatic rings. The van der Waals surface area contributed by atoms with E-state index in [-0.39, 0.29) is 6.54 Å². The van der Waals surface area contributed by atoms with Crippen molar-refractivity contribution in [3.8, 4) is 0 Å². The van der Waals surface area contributed by atoms with Gasteiger partial charge < -0.3 is 5.73 Å². The first kappa shape index (κ1) is 13.6. The summed E-state index contributed by atoms with van der Waals surface area (Å²) in [5, 5.41) is 1.76. The van der Waals surface area contributed by atoms with E-state index >= 15 is 0 Å². The van der Waals surface area contributed by atoms with Crippen LogP contribution in [0.4, 0.5) is 0 Å². The van der Waals surface area contributed by atoms with E-state index in [0.29, 0.717) is 17.4 Å². The van der Waals surface area contributed by atoms with Crippen molar-refractivity contribution >= 4 is 21.4 Å². The van der Waals surface area contributed by atoms with Gasteiger partial charge in [0.1, 0.15) is 0 Å². The molecule has 0 radical (unpaired) electrons. The Bertz CT molecular complexity index is 437. The lowest BCUT2D eigenvalue weighted by Gasteiger charge is -2.19. The van der Waals surface area contributed by atoms with Gasteiger partial charge in [0.25, 0.3) is 0 Å². The fourth-order valence-corrected chi connectivity index (χ4v) is 4.12. The summed E-state index contributed by atoms with van der Waals surface area (Å²) in [6.45, 7) is 4.76. The molecule has 0 amide bonds. The smallest absolute Gasteiger partial charge is 0.243 e. The highest BCUT2D eigenvalue weighted by atomic mass is 32.2. The molecular formula is C10H18N2O2S2. The van der Waals surface area contributed by atoms with Crippen LogP contribution in [-0.2, 0) is 16.6 Å². The van der Waals surface area contributed by atoms with Gasteiger partial charge in [-0.15, -0.1) is 11.3 Å². The molecule has 0 aliphatic rings. The van der Waals surface area contributed by atoms with E-state index < -0.39 is 10.0 Å². The van der Waals surface area contributed by atoms with Gasteiger partial charge in [0.2, 0.25) is 10.0 Å². The molecule has 0 spiro atoms. The van der Waals surface area contributed by atoms with Crippen molar-refractivity contribution in [2.24, 2.45) is 11.7 Å². The van der Waals surface area contributed by atoms with Gasteiger partial charge in [-0.05, 0) is 17.4 Å². The Morgan fingerprint density at radius 3 is 2.62 bits per heavy atom. The number of hydrogen-bond donors (Lipinski definition) is 1. The molecule has 0 aliphatic carbocycles. The number of hydrogen-bond acceptors (Lipinski definition) is 4. The van der Waals surface area contributed by atoms with E-state index in [1.54, 1.807) is 18.5 Å². The van der Waals surface area contributed by atoms with Gasteiger partial charge >= 0.3 is 0 Å². The van der Waals surface area contributed by atoms with Crippen LogP contribution in [0.2, 0.25) is 0 Å². The molecule has 0 saturated heterocycles. The monoisotopic (exact) mass is 262 g/mol. The number of rotatable bonds is 5. The summed E-state index contributed by atoms with van der Waals surface area (Å²) in [5.41, 5.74) is 5.52. The highest BCUT2D eigenvalue weighted by Gasteiger charge is 2.24. The Labute approximate surface area is 101 Å². The molecular weight excluding hydrogens is 244 g/mol. The summed E-state index contributed by atoms with van der Waals surface area (Å²) < 4.78 is 25.8. The van der Waals surface area contributed by atoms with E-state index in [2.05, 4.69) is 0 Å². The van der Waals surface area contributed by atoms with Gasteiger partial charge in [0.15, 0.2) is 0 Å². The van der Waals surface area contributed by atoms with Gasteiger partial charge in [-0.25, -0.2) is 12.7 Å². The molecule has 1 rings (SSSR count). The van der Waals surface area contributed by atoms with Crippen LogP contribution >= 0.6 is 11.3 Å². The van der Waals surface area contributed by atoms with Crippen LogP contribution < -0.4 is 5.73 Å². The Balaban J connectivity index is 3.02. The molecule has 0 aliphatic heterocycles. The van der Waals surface area contributed by atoms with E-state index in [4.69, 9.17) is 5.73 Å². The minimum Gasteiger partial charge on any atom is -0.326 e. The standard InChI is InChI=1S/C10H18N2O2S2/c1-8(2)7-12(3)16(13,14)10-4-5-15-9(10)6-11/h4-5,8H,6-7,11H2,1-3H3. The molecule has 0 bridgehead atoms. The summed E-state index contributed by atoms with van der Waals surface area (Å²) in [4.78, 5) is 1.07. The molecule has 2 N–H and O–H groups in total. The van der Waals surface area contributed by atoms with Crippen molar-refractivity contribution < 1.29 is 8.42 Å². The van der Waals surface area contributed by atoms with Crippen LogP contribution in [0.1, 0.15) is 18.7 Å². The van der Waals surface area contributed by atoms with Crippen molar-refractivity contribution in [2.75, 3.05) is 13.6 Å². The average molecular weight is 262 g/mol. The number of thiophene rings is 1. The number of sulfonamides is 1. The average Bonchev–Trinajstić information content (AvgIpc) is 2.64. The highest BCUT2D eigenvalue weighted by molar-refractivity contribution is 7.89. The Morgan fingerprint density at radius 1 is 1.50 bits per heavy atom. The molecule has 0 fully saturated rings. The zero-order valence-electron chi connectivity index (χ0n) is 9.80. The molecule has 92 valence electrons. The van der Waals surface area contributed by atoms with Gasteiger partial charge in [0.05, 0.1) is 4.90 Å². The Morgan fingerprint density at radius 2 is 2.12 bits per heavy atom. The van der Waals surface area contributed by atoms with Crippen molar-refractivity contribution in [3.63, 3.8) is 0 Å². The van der Waals surface area contributed by atoms with Crippen molar-refractivity contribution in [1.29, 1.82) is 0 Å². The maximum absolute atomic E-state index is 12.2.